The minimum Gasteiger partial charge on any atom is -0.464 e. The van der Waals surface area contributed by atoms with Crippen molar-refractivity contribution in [1.82, 2.24) is 4.90 Å². The van der Waals surface area contributed by atoms with E-state index in [1.165, 1.54) is 11.1 Å². The Morgan fingerprint density at radius 2 is 2.26 bits per heavy atom. The van der Waals surface area contributed by atoms with E-state index >= 15 is 0 Å². The molecule has 5 nitrogen and oxygen atoms in total. The monoisotopic (exact) mass is 373 g/mol. The van der Waals surface area contributed by atoms with Gasteiger partial charge in [0.05, 0.1) is 17.1 Å². The minimum absolute atomic E-state index is 0.0677. The van der Waals surface area contributed by atoms with E-state index in [1.807, 2.05) is 25.3 Å². The zero-order valence-electron chi connectivity index (χ0n) is 12.6. The molecule has 0 spiro atoms. The van der Waals surface area contributed by atoms with E-state index in [2.05, 4.69) is 42.9 Å². The molecule has 118 valence electrons. The molecule has 2 heterocycles. The normalized spacial score (nSPS) is 27.6. The van der Waals surface area contributed by atoms with Crippen molar-refractivity contribution < 1.29 is 9.53 Å². The summed E-state index contributed by atoms with van der Waals surface area (Å²) in [6, 6.07) is 7.90. The van der Waals surface area contributed by atoms with Crippen molar-refractivity contribution >= 4 is 34.1 Å². The maximum Gasteiger partial charge on any atom is 0.331 e. The standard InChI is InChI=1S/C17H16BrN3O2/c1-2-23-16(22)14-13-7-10-5-3-4-6-12(10)15(13)21-9-11(18)8-19-17(21)20-14/h3-6,8-9,13-15H,2,7H2,1H3. The van der Waals surface area contributed by atoms with E-state index in [0.717, 1.165) is 10.9 Å². The number of allylic oxidation sites excluding steroid dienone is 1. The van der Waals surface area contributed by atoms with Crippen molar-refractivity contribution in [2.45, 2.75) is 25.4 Å². The van der Waals surface area contributed by atoms with Gasteiger partial charge in [0.2, 0.25) is 5.96 Å². The Labute approximate surface area is 142 Å². The van der Waals surface area contributed by atoms with Crippen LogP contribution in [0, 0.1) is 5.92 Å². The molecule has 3 aliphatic rings. The zero-order valence-corrected chi connectivity index (χ0v) is 14.2. The number of hydrogen-bond acceptors (Lipinski definition) is 5. The molecule has 1 aromatic rings. The van der Waals surface area contributed by atoms with Gasteiger partial charge >= 0.3 is 5.97 Å². The average Bonchev–Trinajstić information content (AvgIpc) is 2.94. The lowest BCUT2D eigenvalue weighted by Crippen LogP contribution is -2.46. The SMILES string of the molecule is CCOC(=O)C1N=C2N=CC(Br)=CN2C2c3ccccc3CC12. The smallest absolute Gasteiger partial charge is 0.331 e. The summed E-state index contributed by atoms with van der Waals surface area (Å²) in [5.41, 5.74) is 2.51. The summed E-state index contributed by atoms with van der Waals surface area (Å²) in [6.07, 6.45) is 4.53. The summed E-state index contributed by atoms with van der Waals surface area (Å²) in [5.74, 6) is 0.385. The summed E-state index contributed by atoms with van der Waals surface area (Å²) in [4.78, 5) is 23.4. The Hall–Kier alpha value is -1.95. The molecule has 3 unspecified atom stereocenters. The summed E-state index contributed by atoms with van der Waals surface area (Å²) < 4.78 is 6.15. The third-order valence-electron chi connectivity index (χ3n) is 4.52. The second-order valence-corrected chi connectivity index (χ2v) is 6.73. The van der Waals surface area contributed by atoms with Crippen LogP contribution in [0.4, 0.5) is 0 Å². The van der Waals surface area contributed by atoms with Gasteiger partial charge in [0.1, 0.15) is 0 Å². The number of hydrogen-bond donors (Lipinski definition) is 0. The molecular weight excluding hydrogens is 358 g/mol. The molecule has 0 saturated heterocycles. The van der Waals surface area contributed by atoms with Crippen LogP contribution in [-0.2, 0) is 16.0 Å². The quantitative estimate of drug-likeness (QED) is 0.749. The molecule has 6 heteroatoms. The predicted octanol–water partition coefficient (Wildman–Crippen LogP) is 2.82. The van der Waals surface area contributed by atoms with E-state index in [4.69, 9.17) is 4.74 Å². The van der Waals surface area contributed by atoms with Gasteiger partial charge in [-0.25, -0.2) is 14.8 Å². The van der Waals surface area contributed by atoms with E-state index in [1.54, 1.807) is 6.21 Å². The summed E-state index contributed by atoms with van der Waals surface area (Å²) in [7, 11) is 0. The molecule has 0 saturated carbocycles. The highest BCUT2D eigenvalue weighted by molar-refractivity contribution is 9.12. The third-order valence-corrected chi connectivity index (χ3v) is 4.93. The lowest BCUT2D eigenvalue weighted by molar-refractivity contribution is -0.146. The fourth-order valence-corrected chi connectivity index (χ4v) is 3.96. The van der Waals surface area contributed by atoms with Gasteiger partial charge in [0.25, 0.3) is 0 Å². The number of benzene rings is 1. The van der Waals surface area contributed by atoms with Crippen LogP contribution in [0.3, 0.4) is 0 Å². The lowest BCUT2D eigenvalue weighted by atomic mass is 9.90. The van der Waals surface area contributed by atoms with Crippen molar-refractivity contribution in [3.05, 3.63) is 46.1 Å². The Kier molecular flexibility index (Phi) is 3.56. The summed E-state index contributed by atoms with van der Waals surface area (Å²) >= 11 is 3.48. The van der Waals surface area contributed by atoms with Gasteiger partial charge in [-0.2, -0.15) is 0 Å². The van der Waals surface area contributed by atoms with Crippen molar-refractivity contribution in [3.63, 3.8) is 0 Å². The number of rotatable bonds is 2. The molecule has 1 aliphatic carbocycles. The number of carbonyl (C=O) groups is 1. The van der Waals surface area contributed by atoms with Gasteiger partial charge in [-0.05, 0) is 40.4 Å². The Bertz CT molecular complexity index is 756. The number of esters is 1. The van der Waals surface area contributed by atoms with Crippen LogP contribution < -0.4 is 0 Å². The lowest BCUT2D eigenvalue weighted by Gasteiger charge is -2.39. The molecule has 0 amide bonds. The van der Waals surface area contributed by atoms with Crippen molar-refractivity contribution in [3.8, 4) is 0 Å². The molecule has 0 N–H and O–H groups in total. The third kappa shape index (κ3) is 2.32. The molecule has 0 radical (unpaired) electrons. The number of halogens is 1. The number of carbonyl (C=O) groups excluding carboxylic acids is 1. The minimum atomic E-state index is -0.499. The van der Waals surface area contributed by atoms with Crippen LogP contribution in [0.2, 0.25) is 0 Å². The summed E-state index contributed by atoms with van der Waals surface area (Å²) in [5, 5.41) is 0. The maximum absolute atomic E-state index is 12.4. The molecule has 2 aliphatic heterocycles. The molecule has 0 fully saturated rings. The maximum atomic E-state index is 12.4. The number of fused-ring (bicyclic) bond motifs is 5. The number of nitrogens with zero attached hydrogens (tertiary/aromatic N) is 3. The first-order valence-electron chi connectivity index (χ1n) is 7.71. The van der Waals surface area contributed by atoms with Crippen molar-refractivity contribution in [2.75, 3.05) is 6.61 Å². The second-order valence-electron chi connectivity index (χ2n) is 5.82. The Morgan fingerprint density at radius 3 is 3.09 bits per heavy atom. The van der Waals surface area contributed by atoms with Crippen LogP contribution in [-0.4, -0.2) is 35.7 Å². The fraction of sp³-hybridized carbons (Fsp3) is 0.353. The van der Waals surface area contributed by atoms with Gasteiger partial charge in [-0.1, -0.05) is 24.3 Å². The zero-order chi connectivity index (χ0) is 16.0. The van der Waals surface area contributed by atoms with E-state index < -0.39 is 6.04 Å². The number of ether oxygens (including phenoxy) is 1. The van der Waals surface area contributed by atoms with Crippen molar-refractivity contribution in [2.24, 2.45) is 15.9 Å². The molecule has 3 atom stereocenters. The molecular formula is C17H16BrN3O2. The molecule has 1 aromatic carbocycles. The van der Waals surface area contributed by atoms with Gasteiger partial charge < -0.3 is 9.64 Å². The van der Waals surface area contributed by atoms with Crippen LogP contribution in [0.1, 0.15) is 24.1 Å². The molecule has 0 bridgehead atoms. The Balaban J connectivity index is 1.81. The van der Waals surface area contributed by atoms with Crippen LogP contribution in [0.25, 0.3) is 0 Å². The van der Waals surface area contributed by atoms with Crippen LogP contribution in [0.15, 0.2) is 44.9 Å². The first-order valence-corrected chi connectivity index (χ1v) is 8.50. The highest BCUT2D eigenvalue weighted by atomic mass is 79.9. The molecule has 0 aromatic heterocycles. The van der Waals surface area contributed by atoms with Crippen LogP contribution in [0.5, 0.6) is 0 Å². The summed E-state index contributed by atoms with van der Waals surface area (Å²) in [6.45, 7) is 2.18. The van der Waals surface area contributed by atoms with E-state index in [0.29, 0.717) is 12.6 Å². The predicted molar refractivity (Wildman–Crippen MR) is 91.6 cm³/mol. The van der Waals surface area contributed by atoms with Gasteiger partial charge in [-0.3, -0.25) is 0 Å². The number of guanidine groups is 1. The first-order chi connectivity index (χ1) is 11.2. The van der Waals surface area contributed by atoms with Gasteiger partial charge in [0, 0.05) is 18.3 Å². The Morgan fingerprint density at radius 1 is 1.43 bits per heavy atom. The number of aliphatic imine (C=N–C) groups is 2. The second kappa shape index (κ2) is 5.60. The fourth-order valence-electron chi connectivity index (χ4n) is 3.64. The van der Waals surface area contributed by atoms with Crippen molar-refractivity contribution in [1.29, 1.82) is 0 Å². The van der Waals surface area contributed by atoms with Gasteiger partial charge in [0.15, 0.2) is 6.04 Å². The molecule has 4 rings (SSSR count). The van der Waals surface area contributed by atoms with E-state index in [-0.39, 0.29) is 17.9 Å². The topological polar surface area (TPSA) is 54.3 Å². The average molecular weight is 374 g/mol. The van der Waals surface area contributed by atoms with Gasteiger partial charge in [-0.15, -0.1) is 0 Å². The highest BCUT2D eigenvalue weighted by Gasteiger charge is 2.48. The largest absolute Gasteiger partial charge is 0.464 e. The highest BCUT2D eigenvalue weighted by Crippen LogP contribution is 2.46. The van der Waals surface area contributed by atoms with Crippen LogP contribution >= 0.6 is 15.9 Å². The van der Waals surface area contributed by atoms with E-state index in [9.17, 15) is 4.79 Å². The first kappa shape index (κ1) is 14.6. The molecule has 23 heavy (non-hydrogen) atoms.